The van der Waals surface area contributed by atoms with Gasteiger partial charge in [0.25, 0.3) is 5.91 Å². The van der Waals surface area contributed by atoms with E-state index in [1.165, 1.54) is 12.8 Å². The number of rotatable bonds is 6. The van der Waals surface area contributed by atoms with Crippen molar-refractivity contribution in [1.29, 1.82) is 0 Å². The van der Waals surface area contributed by atoms with Gasteiger partial charge in [-0.1, -0.05) is 31.0 Å². The SMILES string of the molecule is COCC1(CNC(=O)c2ccc(-c3cccc(N)n3)cc2)CCCC1. The van der Waals surface area contributed by atoms with Gasteiger partial charge in [-0.15, -0.1) is 0 Å². The maximum Gasteiger partial charge on any atom is 0.251 e. The summed E-state index contributed by atoms with van der Waals surface area (Å²) >= 11 is 0. The van der Waals surface area contributed by atoms with Crippen LogP contribution in [0.3, 0.4) is 0 Å². The van der Waals surface area contributed by atoms with Crippen molar-refractivity contribution in [3.63, 3.8) is 0 Å². The number of aromatic nitrogens is 1. The average Bonchev–Trinajstić information content (AvgIpc) is 3.09. The van der Waals surface area contributed by atoms with Crippen LogP contribution in [-0.2, 0) is 4.74 Å². The van der Waals surface area contributed by atoms with Crippen LogP contribution in [0.25, 0.3) is 11.3 Å². The number of ether oxygens (including phenoxy) is 1. The van der Waals surface area contributed by atoms with Gasteiger partial charge < -0.3 is 15.8 Å². The Morgan fingerprint density at radius 2 is 1.92 bits per heavy atom. The molecule has 1 aliphatic carbocycles. The largest absolute Gasteiger partial charge is 0.384 e. The topological polar surface area (TPSA) is 77.2 Å². The van der Waals surface area contributed by atoms with Crippen LogP contribution < -0.4 is 11.1 Å². The second-order valence-electron chi connectivity index (χ2n) is 6.85. The lowest BCUT2D eigenvalue weighted by Gasteiger charge is -2.28. The van der Waals surface area contributed by atoms with E-state index in [1.54, 1.807) is 13.2 Å². The molecule has 1 aromatic heterocycles. The van der Waals surface area contributed by atoms with Gasteiger partial charge in [0.05, 0.1) is 12.3 Å². The number of benzene rings is 1. The molecular weight excluding hydrogens is 314 g/mol. The summed E-state index contributed by atoms with van der Waals surface area (Å²) in [7, 11) is 1.73. The van der Waals surface area contributed by atoms with Crippen LogP contribution >= 0.6 is 0 Å². The predicted octanol–water partition coefficient (Wildman–Crippen LogP) is 3.27. The Bertz CT molecular complexity index is 722. The molecule has 1 aromatic carbocycles. The van der Waals surface area contributed by atoms with Gasteiger partial charge in [0.15, 0.2) is 0 Å². The number of carbonyl (C=O) groups excluding carboxylic acids is 1. The fraction of sp³-hybridized carbons (Fsp3) is 0.400. The van der Waals surface area contributed by atoms with E-state index >= 15 is 0 Å². The van der Waals surface area contributed by atoms with E-state index in [2.05, 4.69) is 10.3 Å². The molecule has 0 bridgehead atoms. The molecule has 0 saturated heterocycles. The third kappa shape index (κ3) is 4.17. The van der Waals surface area contributed by atoms with Crippen molar-refractivity contribution in [2.75, 3.05) is 26.0 Å². The number of nitrogens with two attached hydrogens (primary N) is 1. The number of nitrogens with zero attached hydrogens (tertiary/aromatic N) is 1. The number of hydrogen-bond donors (Lipinski definition) is 2. The van der Waals surface area contributed by atoms with Crippen molar-refractivity contribution in [2.24, 2.45) is 5.41 Å². The molecule has 0 aliphatic heterocycles. The Balaban J connectivity index is 1.64. The third-order valence-corrected chi connectivity index (χ3v) is 4.95. The highest BCUT2D eigenvalue weighted by Crippen LogP contribution is 2.37. The molecule has 25 heavy (non-hydrogen) atoms. The standard InChI is InChI=1S/C20H25N3O2/c1-25-14-20(11-2-3-12-20)13-22-19(24)16-9-7-15(8-10-16)17-5-4-6-18(21)23-17/h4-10H,2-3,11-14H2,1H3,(H2,21,23)(H,22,24). The first-order valence-electron chi connectivity index (χ1n) is 8.72. The van der Waals surface area contributed by atoms with Crippen LogP contribution in [0.4, 0.5) is 5.82 Å². The minimum absolute atomic E-state index is 0.0468. The Hall–Kier alpha value is -2.40. The molecule has 5 heteroatoms. The van der Waals surface area contributed by atoms with E-state index in [0.717, 1.165) is 24.1 Å². The summed E-state index contributed by atoms with van der Waals surface area (Å²) in [4.78, 5) is 16.8. The lowest BCUT2D eigenvalue weighted by molar-refractivity contribution is 0.0741. The zero-order valence-electron chi connectivity index (χ0n) is 14.6. The van der Waals surface area contributed by atoms with E-state index in [0.29, 0.717) is 24.5 Å². The summed E-state index contributed by atoms with van der Waals surface area (Å²) in [6.45, 7) is 1.37. The highest BCUT2D eigenvalue weighted by atomic mass is 16.5. The highest BCUT2D eigenvalue weighted by molar-refractivity contribution is 5.94. The molecule has 1 aliphatic rings. The predicted molar refractivity (Wildman–Crippen MR) is 99.2 cm³/mol. The van der Waals surface area contributed by atoms with Crippen LogP contribution in [0.2, 0.25) is 0 Å². The monoisotopic (exact) mass is 339 g/mol. The van der Waals surface area contributed by atoms with Gasteiger partial charge >= 0.3 is 0 Å². The lowest BCUT2D eigenvalue weighted by Crippen LogP contribution is -2.38. The third-order valence-electron chi connectivity index (χ3n) is 4.95. The summed E-state index contributed by atoms with van der Waals surface area (Å²) in [5, 5.41) is 3.08. The Kier molecular flexibility index (Phi) is 5.34. The summed E-state index contributed by atoms with van der Waals surface area (Å²) < 4.78 is 5.37. The van der Waals surface area contributed by atoms with Crippen molar-refractivity contribution in [1.82, 2.24) is 10.3 Å². The van der Waals surface area contributed by atoms with Crippen LogP contribution in [-0.4, -0.2) is 31.2 Å². The number of anilines is 1. The molecule has 1 fully saturated rings. The molecule has 1 saturated carbocycles. The first-order valence-corrected chi connectivity index (χ1v) is 8.72. The van der Waals surface area contributed by atoms with Gasteiger partial charge in [-0.05, 0) is 37.1 Å². The van der Waals surface area contributed by atoms with Gasteiger partial charge in [-0.3, -0.25) is 4.79 Å². The smallest absolute Gasteiger partial charge is 0.251 e. The van der Waals surface area contributed by atoms with Gasteiger partial charge in [-0.25, -0.2) is 4.98 Å². The Morgan fingerprint density at radius 1 is 1.20 bits per heavy atom. The molecular formula is C20H25N3O2. The quantitative estimate of drug-likeness (QED) is 0.847. The number of hydrogen-bond acceptors (Lipinski definition) is 4. The van der Waals surface area contributed by atoms with Crippen LogP contribution in [0.5, 0.6) is 0 Å². The van der Waals surface area contributed by atoms with E-state index < -0.39 is 0 Å². The maximum atomic E-state index is 12.5. The van der Waals surface area contributed by atoms with Gasteiger partial charge in [0.2, 0.25) is 0 Å². The fourth-order valence-corrected chi connectivity index (χ4v) is 3.58. The fourth-order valence-electron chi connectivity index (χ4n) is 3.58. The van der Waals surface area contributed by atoms with E-state index in [1.807, 2.05) is 36.4 Å². The molecule has 1 heterocycles. The van der Waals surface area contributed by atoms with Gasteiger partial charge in [-0.2, -0.15) is 0 Å². The summed E-state index contributed by atoms with van der Waals surface area (Å²) in [5.41, 5.74) is 8.21. The lowest BCUT2D eigenvalue weighted by atomic mass is 9.87. The van der Waals surface area contributed by atoms with Crippen LogP contribution in [0, 0.1) is 5.41 Å². The number of carbonyl (C=O) groups is 1. The molecule has 0 unspecified atom stereocenters. The number of pyridine rings is 1. The molecule has 3 rings (SSSR count). The Morgan fingerprint density at radius 3 is 2.56 bits per heavy atom. The summed E-state index contributed by atoms with van der Waals surface area (Å²) in [5.74, 6) is 0.439. The normalized spacial score (nSPS) is 15.9. The van der Waals surface area contributed by atoms with Crippen LogP contribution in [0.1, 0.15) is 36.0 Å². The van der Waals surface area contributed by atoms with E-state index in [9.17, 15) is 4.79 Å². The van der Waals surface area contributed by atoms with E-state index in [-0.39, 0.29) is 11.3 Å². The zero-order chi connectivity index (χ0) is 17.7. The second kappa shape index (κ2) is 7.66. The molecule has 0 spiro atoms. The van der Waals surface area contributed by atoms with Crippen molar-refractivity contribution < 1.29 is 9.53 Å². The number of amides is 1. The molecule has 1 amide bonds. The molecule has 2 aromatic rings. The van der Waals surface area contributed by atoms with Gasteiger partial charge in [0, 0.05) is 30.2 Å². The first kappa shape index (κ1) is 17.4. The minimum Gasteiger partial charge on any atom is -0.384 e. The zero-order valence-corrected chi connectivity index (χ0v) is 14.6. The average molecular weight is 339 g/mol. The van der Waals surface area contributed by atoms with Crippen molar-refractivity contribution in [2.45, 2.75) is 25.7 Å². The maximum absolute atomic E-state index is 12.5. The van der Waals surface area contributed by atoms with Crippen molar-refractivity contribution in [3.05, 3.63) is 48.0 Å². The first-order chi connectivity index (χ1) is 12.1. The molecule has 0 atom stereocenters. The molecule has 0 radical (unpaired) electrons. The minimum atomic E-state index is -0.0468. The van der Waals surface area contributed by atoms with Crippen molar-refractivity contribution >= 4 is 11.7 Å². The molecule has 5 nitrogen and oxygen atoms in total. The number of methoxy groups -OCH3 is 1. The summed E-state index contributed by atoms with van der Waals surface area (Å²) in [6, 6.07) is 13.0. The number of nitrogen functional groups attached to an aromatic ring is 1. The molecule has 132 valence electrons. The Labute approximate surface area is 148 Å². The highest BCUT2D eigenvalue weighted by Gasteiger charge is 2.34. The number of nitrogens with one attached hydrogen (secondary N) is 1. The van der Waals surface area contributed by atoms with E-state index in [4.69, 9.17) is 10.5 Å². The van der Waals surface area contributed by atoms with Gasteiger partial charge in [0.1, 0.15) is 5.82 Å². The summed E-state index contributed by atoms with van der Waals surface area (Å²) in [6.07, 6.45) is 4.64. The van der Waals surface area contributed by atoms with Crippen molar-refractivity contribution in [3.8, 4) is 11.3 Å². The second-order valence-corrected chi connectivity index (χ2v) is 6.85. The molecule has 3 N–H and O–H groups in total. The van der Waals surface area contributed by atoms with Crippen LogP contribution in [0.15, 0.2) is 42.5 Å².